The smallest absolute Gasteiger partial charge is 0.337 e. The van der Waals surface area contributed by atoms with Crippen molar-refractivity contribution in [2.24, 2.45) is 0 Å². The fraction of sp³-hybridized carbons (Fsp3) is 0.231. The second-order valence-corrected chi connectivity index (χ2v) is 18.5. The summed E-state index contributed by atoms with van der Waals surface area (Å²) in [6.45, 7) is 4.67. The zero-order chi connectivity index (χ0) is 51.7. The molecule has 0 aliphatic rings. The summed E-state index contributed by atoms with van der Waals surface area (Å²) in [6, 6.07) is 50.6. The lowest BCUT2D eigenvalue weighted by molar-refractivity contribution is -0.941. The van der Waals surface area contributed by atoms with E-state index in [-0.39, 0.29) is 23.9 Å². The summed E-state index contributed by atoms with van der Waals surface area (Å²) in [5.41, 5.74) is 9.12. The molecule has 16 nitrogen and oxygen atoms in total. The van der Waals surface area contributed by atoms with Gasteiger partial charge >= 0.3 is 23.9 Å². The molecule has 0 fully saturated rings. The van der Waals surface area contributed by atoms with Crippen molar-refractivity contribution >= 4 is 44.1 Å². The van der Waals surface area contributed by atoms with Gasteiger partial charge in [-0.1, -0.05) is 109 Å². The van der Waals surface area contributed by atoms with Crippen LogP contribution in [0.4, 0.5) is 0 Å². The predicted molar refractivity (Wildman–Crippen MR) is 262 cm³/mol. The molecule has 0 heterocycles. The number of hydrogen-bond donors (Lipinski definition) is 2. The van der Waals surface area contributed by atoms with Crippen LogP contribution in [0.3, 0.4) is 0 Å². The van der Waals surface area contributed by atoms with Gasteiger partial charge in [-0.2, -0.15) is 8.42 Å². The van der Waals surface area contributed by atoms with E-state index in [9.17, 15) is 27.6 Å². The van der Waals surface area contributed by atoms with E-state index in [2.05, 4.69) is 29.2 Å². The Labute approximate surface area is 409 Å². The van der Waals surface area contributed by atoms with Gasteiger partial charge in [0.15, 0.2) is 0 Å². The number of esters is 4. The maximum atomic E-state index is 11.7. The molecular formula is C52H58N2O14S2. The Morgan fingerprint density at radius 2 is 0.629 bits per heavy atom. The highest BCUT2D eigenvalue weighted by Gasteiger charge is 2.15. The van der Waals surface area contributed by atoms with Crippen LogP contribution in [0, 0.1) is 0 Å². The first kappa shape index (κ1) is 57.3. The highest BCUT2D eigenvalue weighted by Crippen LogP contribution is 2.17. The lowest BCUT2D eigenvalue weighted by atomic mass is 10.1. The van der Waals surface area contributed by atoms with Crippen molar-refractivity contribution in [1.29, 1.82) is 0 Å². The van der Waals surface area contributed by atoms with E-state index in [1.54, 1.807) is 48.5 Å². The molecule has 0 aliphatic heterocycles. The van der Waals surface area contributed by atoms with Gasteiger partial charge in [0.1, 0.15) is 19.6 Å². The first-order valence-corrected chi connectivity index (χ1v) is 25.0. The van der Waals surface area contributed by atoms with Crippen molar-refractivity contribution < 1.29 is 69.0 Å². The van der Waals surface area contributed by atoms with Crippen molar-refractivity contribution in [1.82, 2.24) is 4.90 Å². The maximum absolute atomic E-state index is 11.7. The molecule has 6 aromatic carbocycles. The van der Waals surface area contributed by atoms with E-state index >= 15 is 0 Å². The molecule has 0 bridgehead atoms. The first-order valence-electron chi connectivity index (χ1n) is 21.3. The standard InChI is InChI=1S/2C25H25NO4.2CH4O3S/c2*1-29-24(27)22-12-8-20(9-13-22)17-26(16-19-6-4-3-5-7-19)18-21-10-14-23(15-11-21)25(28)30-2;2*1-5(2,3)4/h2*3-15H,16-18H2,1-2H3;2*1H3,(H,2,3,4). The van der Waals surface area contributed by atoms with E-state index < -0.39 is 20.2 Å². The van der Waals surface area contributed by atoms with Crippen LogP contribution < -0.4 is 4.90 Å². The molecule has 6 aromatic rings. The number of hydrogen-bond acceptors (Lipinski definition) is 14. The number of quaternary nitrogens is 1. The van der Waals surface area contributed by atoms with Crippen LogP contribution >= 0.6 is 0 Å². The molecular weight excluding hydrogens is 941 g/mol. The SMILES string of the molecule is COC(=O)c1ccc(CN(Cc2ccccc2)Cc2ccc(C(=O)OC)cc2)cc1.COC(=O)c1ccc(C[NH+](Cc2ccccc2)Cc2ccc(C(=O)OC)cc2)cc1.CS(=O)(=O)O.CS(=O)(=O)[O-]. The normalized spacial score (nSPS) is 10.8. The number of nitrogens with zero attached hydrogens (tertiary/aromatic N) is 1. The maximum Gasteiger partial charge on any atom is 0.337 e. The summed E-state index contributed by atoms with van der Waals surface area (Å²) < 4.78 is 72.2. The molecule has 0 radical (unpaired) electrons. The Bertz CT molecular complexity index is 2440. The Morgan fingerprint density at radius 3 is 0.871 bits per heavy atom. The van der Waals surface area contributed by atoms with Gasteiger partial charge < -0.3 is 28.4 Å². The summed E-state index contributed by atoms with van der Waals surface area (Å²) in [4.78, 5) is 50.3. The van der Waals surface area contributed by atoms with Gasteiger partial charge in [0.25, 0.3) is 10.1 Å². The Balaban J connectivity index is 0.000000310. The van der Waals surface area contributed by atoms with Gasteiger partial charge in [-0.05, 0) is 65.2 Å². The molecule has 0 saturated carbocycles. The lowest BCUT2D eigenvalue weighted by Crippen LogP contribution is -3.08. The number of ether oxygens (including phenoxy) is 4. The average molecular weight is 999 g/mol. The highest BCUT2D eigenvalue weighted by molar-refractivity contribution is 7.85. The molecule has 0 saturated heterocycles. The third-order valence-electron chi connectivity index (χ3n) is 9.77. The van der Waals surface area contributed by atoms with E-state index in [4.69, 9.17) is 36.5 Å². The van der Waals surface area contributed by atoms with Crippen LogP contribution in [0.2, 0.25) is 0 Å². The van der Waals surface area contributed by atoms with Gasteiger partial charge in [-0.25, -0.2) is 27.6 Å². The number of carbonyl (C=O) groups is 4. The van der Waals surface area contributed by atoms with Gasteiger partial charge in [0, 0.05) is 42.6 Å². The second kappa shape index (κ2) is 29.1. The van der Waals surface area contributed by atoms with Crippen LogP contribution in [0.25, 0.3) is 0 Å². The van der Waals surface area contributed by atoms with E-state index in [0.717, 1.165) is 61.5 Å². The minimum Gasteiger partial charge on any atom is -0.748 e. The molecule has 0 unspecified atom stereocenters. The zero-order valence-corrected chi connectivity index (χ0v) is 41.4. The molecule has 0 atom stereocenters. The van der Waals surface area contributed by atoms with Crippen molar-refractivity contribution in [2.45, 2.75) is 39.3 Å². The van der Waals surface area contributed by atoms with Crippen LogP contribution in [0.15, 0.2) is 158 Å². The van der Waals surface area contributed by atoms with Gasteiger partial charge in [0.2, 0.25) is 0 Å². The number of rotatable bonds is 16. The molecule has 0 spiro atoms. The Morgan fingerprint density at radius 1 is 0.429 bits per heavy atom. The van der Waals surface area contributed by atoms with Crippen molar-refractivity contribution in [3.8, 4) is 0 Å². The monoisotopic (exact) mass is 998 g/mol. The zero-order valence-electron chi connectivity index (χ0n) is 39.8. The largest absolute Gasteiger partial charge is 0.748 e. The molecule has 70 heavy (non-hydrogen) atoms. The molecule has 0 aliphatic carbocycles. The van der Waals surface area contributed by atoms with E-state index in [1.165, 1.54) is 44.5 Å². The van der Waals surface area contributed by atoms with Gasteiger partial charge in [0.05, 0.1) is 67.1 Å². The summed E-state index contributed by atoms with van der Waals surface area (Å²) in [5, 5.41) is 0. The van der Waals surface area contributed by atoms with Gasteiger partial charge in [-0.15, -0.1) is 0 Å². The number of methoxy groups -OCH3 is 4. The number of nitrogens with one attached hydrogen (secondary N) is 1. The highest BCUT2D eigenvalue weighted by atomic mass is 32.2. The molecule has 2 N–H and O–H groups in total. The molecule has 6 rings (SSSR count). The summed E-state index contributed by atoms with van der Waals surface area (Å²) >= 11 is 0. The summed E-state index contributed by atoms with van der Waals surface area (Å²) in [5.74, 6) is -1.34. The first-order chi connectivity index (χ1) is 33.2. The average Bonchev–Trinajstić information content (AvgIpc) is 3.33. The summed E-state index contributed by atoms with van der Waals surface area (Å²) in [7, 11) is -2.06. The van der Waals surface area contributed by atoms with Crippen molar-refractivity contribution in [2.75, 3.05) is 41.0 Å². The fourth-order valence-corrected chi connectivity index (χ4v) is 6.66. The van der Waals surface area contributed by atoms with Crippen molar-refractivity contribution in [3.05, 3.63) is 213 Å². The van der Waals surface area contributed by atoms with Crippen LogP contribution in [0.5, 0.6) is 0 Å². The fourth-order valence-electron chi connectivity index (χ4n) is 6.66. The minimum absolute atomic E-state index is 0.333. The lowest BCUT2D eigenvalue weighted by Gasteiger charge is -2.23. The summed E-state index contributed by atoms with van der Waals surface area (Å²) in [6.07, 6.45) is 1.32. The predicted octanol–water partition coefficient (Wildman–Crippen LogP) is 6.17. The van der Waals surface area contributed by atoms with Crippen LogP contribution in [-0.4, -0.2) is 95.7 Å². The van der Waals surface area contributed by atoms with Crippen LogP contribution in [-0.2, 0) is 78.5 Å². The van der Waals surface area contributed by atoms with Gasteiger partial charge in [-0.3, -0.25) is 9.45 Å². The van der Waals surface area contributed by atoms with E-state index in [0.29, 0.717) is 34.8 Å². The minimum atomic E-state index is -3.92. The number of carbonyl (C=O) groups excluding carboxylic acids is 4. The van der Waals surface area contributed by atoms with E-state index in [1.807, 2.05) is 84.9 Å². The quantitative estimate of drug-likeness (QED) is 0.0628. The molecule has 0 aromatic heterocycles. The van der Waals surface area contributed by atoms with Crippen molar-refractivity contribution in [3.63, 3.8) is 0 Å². The molecule has 0 amide bonds. The Hall–Kier alpha value is -7.06. The third kappa shape index (κ3) is 23.3. The number of benzene rings is 6. The third-order valence-corrected chi connectivity index (χ3v) is 9.77. The topological polar surface area (TPSA) is 224 Å². The Kier molecular flexibility index (Phi) is 23.8. The van der Waals surface area contributed by atoms with Crippen LogP contribution in [0.1, 0.15) is 74.8 Å². The molecule has 372 valence electrons. The second-order valence-electron chi connectivity index (χ2n) is 15.6. The molecule has 18 heteroatoms.